The summed E-state index contributed by atoms with van der Waals surface area (Å²) >= 11 is 0. The van der Waals surface area contributed by atoms with Gasteiger partial charge in [-0.3, -0.25) is 14.9 Å². The van der Waals surface area contributed by atoms with Gasteiger partial charge >= 0.3 is 6.03 Å². The second-order valence-corrected chi connectivity index (χ2v) is 6.73. The first-order valence-electron chi connectivity index (χ1n) is 6.81. The SMILES string of the molecule is CC(C)(C)C(N)CC(=O)N1CCC2(C1)NC(=O)NC2=O. The number of rotatable bonds is 2. The molecule has 0 aromatic rings. The zero-order valence-electron chi connectivity index (χ0n) is 12.2. The molecule has 1 spiro atoms. The van der Waals surface area contributed by atoms with Crippen molar-refractivity contribution >= 4 is 17.8 Å². The molecule has 0 aromatic heterocycles. The monoisotopic (exact) mass is 282 g/mol. The Morgan fingerprint density at radius 2 is 2.10 bits per heavy atom. The Morgan fingerprint density at radius 1 is 1.45 bits per heavy atom. The minimum absolute atomic E-state index is 0.0711. The van der Waals surface area contributed by atoms with E-state index in [-0.39, 0.29) is 36.2 Å². The highest BCUT2D eigenvalue weighted by atomic mass is 16.2. The van der Waals surface area contributed by atoms with Crippen LogP contribution >= 0.6 is 0 Å². The smallest absolute Gasteiger partial charge is 0.322 e. The largest absolute Gasteiger partial charge is 0.340 e. The Bertz CT molecular complexity index is 457. The first kappa shape index (κ1) is 14.8. The lowest BCUT2D eigenvalue weighted by atomic mass is 9.85. The summed E-state index contributed by atoms with van der Waals surface area (Å²) in [6.45, 7) is 6.65. The molecule has 2 heterocycles. The first-order chi connectivity index (χ1) is 9.14. The number of nitrogens with one attached hydrogen (secondary N) is 2. The molecule has 2 aliphatic heterocycles. The van der Waals surface area contributed by atoms with Gasteiger partial charge in [-0.25, -0.2) is 4.79 Å². The zero-order chi connectivity index (χ0) is 15.1. The summed E-state index contributed by atoms with van der Waals surface area (Å²) < 4.78 is 0. The molecule has 20 heavy (non-hydrogen) atoms. The van der Waals surface area contributed by atoms with Gasteiger partial charge in [0.1, 0.15) is 5.54 Å². The molecule has 4 N–H and O–H groups in total. The van der Waals surface area contributed by atoms with Crippen LogP contribution in [0.5, 0.6) is 0 Å². The summed E-state index contributed by atoms with van der Waals surface area (Å²) in [5.74, 6) is -0.420. The quantitative estimate of drug-likeness (QED) is 0.597. The minimum Gasteiger partial charge on any atom is -0.340 e. The van der Waals surface area contributed by atoms with E-state index >= 15 is 0 Å². The molecule has 0 saturated carbocycles. The van der Waals surface area contributed by atoms with E-state index < -0.39 is 11.6 Å². The van der Waals surface area contributed by atoms with Crippen molar-refractivity contribution in [3.63, 3.8) is 0 Å². The molecular weight excluding hydrogens is 260 g/mol. The maximum atomic E-state index is 12.2. The molecular formula is C13H22N4O3. The topological polar surface area (TPSA) is 105 Å². The molecule has 7 heteroatoms. The highest BCUT2D eigenvalue weighted by molar-refractivity contribution is 6.07. The van der Waals surface area contributed by atoms with Gasteiger partial charge in [0, 0.05) is 19.0 Å². The van der Waals surface area contributed by atoms with Crippen LogP contribution in [0.1, 0.15) is 33.6 Å². The van der Waals surface area contributed by atoms with E-state index in [0.29, 0.717) is 13.0 Å². The average Bonchev–Trinajstić information content (AvgIpc) is 2.83. The van der Waals surface area contributed by atoms with E-state index in [9.17, 15) is 14.4 Å². The summed E-state index contributed by atoms with van der Waals surface area (Å²) in [7, 11) is 0. The number of nitrogens with two attached hydrogens (primary N) is 1. The molecule has 2 unspecified atom stereocenters. The maximum absolute atomic E-state index is 12.2. The number of hydrogen-bond donors (Lipinski definition) is 3. The van der Waals surface area contributed by atoms with E-state index in [4.69, 9.17) is 5.73 Å². The molecule has 4 amide bonds. The van der Waals surface area contributed by atoms with Crippen LogP contribution in [0.4, 0.5) is 4.79 Å². The van der Waals surface area contributed by atoms with E-state index in [1.54, 1.807) is 4.90 Å². The van der Waals surface area contributed by atoms with Crippen LogP contribution < -0.4 is 16.4 Å². The molecule has 7 nitrogen and oxygen atoms in total. The zero-order valence-corrected chi connectivity index (χ0v) is 12.2. The maximum Gasteiger partial charge on any atom is 0.322 e. The Labute approximate surface area is 118 Å². The normalized spacial score (nSPS) is 27.7. The minimum atomic E-state index is -0.946. The lowest BCUT2D eigenvalue weighted by molar-refractivity contribution is -0.131. The van der Waals surface area contributed by atoms with Crippen molar-refractivity contribution in [2.24, 2.45) is 11.1 Å². The van der Waals surface area contributed by atoms with E-state index in [2.05, 4.69) is 10.6 Å². The van der Waals surface area contributed by atoms with Crippen molar-refractivity contribution in [1.82, 2.24) is 15.5 Å². The van der Waals surface area contributed by atoms with Gasteiger partial charge in [-0.05, 0) is 11.8 Å². The summed E-state index contributed by atoms with van der Waals surface area (Å²) in [5, 5.41) is 4.85. The predicted molar refractivity (Wildman–Crippen MR) is 72.6 cm³/mol. The summed E-state index contributed by atoms with van der Waals surface area (Å²) in [6, 6.07) is -0.728. The molecule has 0 radical (unpaired) electrons. The second-order valence-electron chi connectivity index (χ2n) is 6.73. The number of imide groups is 1. The molecule has 112 valence electrons. The number of amides is 4. The van der Waals surface area contributed by atoms with Gasteiger partial charge in [0.05, 0.1) is 6.54 Å². The highest BCUT2D eigenvalue weighted by Crippen LogP contribution is 2.26. The third kappa shape index (κ3) is 2.63. The van der Waals surface area contributed by atoms with Crippen LogP contribution in [0, 0.1) is 5.41 Å². The van der Waals surface area contributed by atoms with Gasteiger partial charge < -0.3 is 16.0 Å². The van der Waals surface area contributed by atoms with Crippen LogP contribution in [0.25, 0.3) is 0 Å². The molecule has 2 aliphatic rings. The average molecular weight is 282 g/mol. The summed E-state index contributed by atoms with van der Waals surface area (Å²) in [5.41, 5.74) is 4.92. The van der Waals surface area contributed by atoms with Gasteiger partial charge in [0.25, 0.3) is 5.91 Å². The molecule has 0 aliphatic carbocycles. The van der Waals surface area contributed by atoms with Gasteiger partial charge in [0.15, 0.2) is 0 Å². The Hall–Kier alpha value is -1.63. The Kier molecular flexibility index (Phi) is 3.49. The fourth-order valence-electron chi connectivity index (χ4n) is 2.46. The summed E-state index contributed by atoms with van der Waals surface area (Å²) in [4.78, 5) is 36.9. The van der Waals surface area contributed by atoms with Crippen molar-refractivity contribution in [2.75, 3.05) is 13.1 Å². The number of likely N-dealkylation sites (tertiary alicyclic amines) is 1. The van der Waals surface area contributed by atoms with Crippen molar-refractivity contribution in [3.8, 4) is 0 Å². The Balaban J connectivity index is 1.98. The van der Waals surface area contributed by atoms with Crippen molar-refractivity contribution < 1.29 is 14.4 Å². The van der Waals surface area contributed by atoms with Crippen LogP contribution in [0.3, 0.4) is 0 Å². The van der Waals surface area contributed by atoms with Gasteiger partial charge in [-0.1, -0.05) is 20.8 Å². The van der Waals surface area contributed by atoms with Gasteiger partial charge in [-0.2, -0.15) is 0 Å². The standard InChI is InChI=1S/C13H22N4O3/c1-12(2,3)8(14)6-9(18)17-5-4-13(7-17)10(19)15-11(20)16-13/h8H,4-7,14H2,1-3H3,(H2,15,16,19,20). The molecule has 2 atom stereocenters. The number of hydrogen-bond acceptors (Lipinski definition) is 4. The van der Waals surface area contributed by atoms with Crippen molar-refractivity contribution in [2.45, 2.75) is 45.2 Å². The third-order valence-electron chi connectivity index (χ3n) is 4.14. The fourth-order valence-corrected chi connectivity index (χ4v) is 2.46. The first-order valence-corrected chi connectivity index (χ1v) is 6.81. The Morgan fingerprint density at radius 3 is 2.60 bits per heavy atom. The number of urea groups is 1. The second kappa shape index (κ2) is 4.73. The van der Waals surface area contributed by atoms with Gasteiger partial charge in [0.2, 0.25) is 5.91 Å². The van der Waals surface area contributed by atoms with Crippen LogP contribution in [0.15, 0.2) is 0 Å². The van der Waals surface area contributed by atoms with E-state index in [1.165, 1.54) is 0 Å². The van der Waals surface area contributed by atoms with E-state index in [1.807, 2.05) is 20.8 Å². The predicted octanol–water partition coefficient (Wildman–Crippen LogP) is -0.440. The van der Waals surface area contributed by atoms with Crippen LogP contribution in [-0.2, 0) is 9.59 Å². The van der Waals surface area contributed by atoms with Crippen LogP contribution in [-0.4, -0.2) is 47.4 Å². The van der Waals surface area contributed by atoms with Crippen molar-refractivity contribution in [3.05, 3.63) is 0 Å². The molecule has 2 fully saturated rings. The lowest BCUT2D eigenvalue weighted by Gasteiger charge is -2.28. The van der Waals surface area contributed by atoms with Crippen molar-refractivity contribution in [1.29, 1.82) is 0 Å². The fraction of sp³-hybridized carbons (Fsp3) is 0.769. The van der Waals surface area contributed by atoms with E-state index in [0.717, 1.165) is 0 Å². The highest BCUT2D eigenvalue weighted by Gasteiger charge is 2.51. The molecule has 0 aromatic carbocycles. The molecule has 2 rings (SSSR count). The lowest BCUT2D eigenvalue weighted by Crippen LogP contribution is -2.50. The molecule has 0 bridgehead atoms. The molecule has 2 saturated heterocycles. The third-order valence-corrected chi connectivity index (χ3v) is 4.14. The number of carbonyl (C=O) groups excluding carboxylic acids is 3. The van der Waals surface area contributed by atoms with Crippen LogP contribution in [0.2, 0.25) is 0 Å². The van der Waals surface area contributed by atoms with Gasteiger partial charge in [-0.15, -0.1) is 0 Å². The number of nitrogens with zero attached hydrogens (tertiary/aromatic N) is 1. The summed E-state index contributed by atoms with van der Waals surface area (Å²) in [6.07, 6.45) is 0.691. The number of carbonyl (C=O) groups is 3.